The van der Waals surface area contributed by atoms with E-state index in [0.717, 1.165) is 27.4 Å². The maximum atomic E-state index is 13.1. The largest absolute Gasteiger partial charge is 0.493 e. The number of carbonyl (C=O) groups is 1. The Hall–Kier alpha value is -3.32. The molecule has 164 valence electrons. The SMILES string of the molecule is COc1ccc(C2=Nc3ccccc3S[C@@H]2CC(=O)NCc2ccc(F)cc2)cc1OC. The van der Waals surface area contributed by atoms with Crippen molar-refractivity contribution in [3.63, 3.8) is 0 Å². The van der Waals surface area contributed by atoms with Crippen molar-refractivity contribution >= 4 is 29.1 Å². The topological polar surface area (TPSA) is 59.9 Å². The van der Waals surface area contributed by atoms with Crippen LogP contribution in [0.5, 0.6) is 11.5 Å². The Balaban J connectivity index is 1.57. The first kappa shape index (κ1) is 21.9. The van der Waals surface area contributed by atoms with Crippen molar-refractivity contribution in [2.24, 2.45) is 4.99 Å². The number of amides is 1. The van der Waals surface area contributed by atoms with E-state index < -0.39 is 0 Å². The van der Waals surface area contributed by atoms with Gasteiger partial charge < -0.3 is 14.8 Å². The van der Waals surface area contributed by atoms with E-state index in [1.54, 1.807) is 38.1 Å². The van der Waals surface area contributed by atoms with E-state index in [2.05, 4.69) is 5.32 Å². The molecular formula is C25H23FN2O3S. The van der Waals surface area contributed by atoms with Gasteiger partial charge in [-0.05, 0) is 48.0 Å². The van der Waals surface area contributed by atoms with Crippen LogP contribution in [0.15, 0.2) is 76.6 Å². The van der Waals surface area contributed by atoms with Gasteiger partial charge in [0.2, 0.25) is 5.91 Å². The molecule has 1 N–H and O–H groups in total. The van der Waals surface area contributed by atoms with Gasteiger partial charge in [-0.1, -0.05) is 24.3 Å². The molecule has 0 fully saturated rings. The summed E-state index contributed by atoms with van der Waals surface area (Å²) in [5, 5.41) is 2.76. The Bertz CT molecular complexity index is 1150. The van der Waals surface area contributed by atoms with E-state index in [1.807, 2.05) is 42.5 Å². The molecule has 32 heavy (non-hydrogen) atoms. The highest BCUT2D eigenvalue weighted by Gasteiger charge is 2.28. The molecule has 0 bridgehead atoms. The second-order valence-corrected chi connectivity index (χ2v) is 8.49. The standard InChI is InChI=1S/C25H23FN2O3S/c1-30-20-12-9-17(13-21(20)31-2)25-23(32-22-6-4-3-5-19(22)28-25)14-24(29)27-15-16-7-10-18(26)11-8-16/h3-13,23H,14-15H2,1-2H3,(H,27,29)/t23-/m1/s1. The first-order valence-corrected chi connectivity index (χ1v) is 11.0. The van der Waals surface area contributed by atoms with Crippen molar-refractivity contribution in [3.8, 4) is 11.5 Å². The van der Waals surface area contributed by atoms with E-state index in [0.29, 0.717) is 18.0 Å². The van der Waals surface area contributed by atoms with Crippen molar-refractivity contribution in [3.05, 3.63) is 83.7 Å². The van der Waals surface area contributed by atoms with Crippen LogP contribution in [0.4, 0.5) is 10.1 Å². The molecule has 3 aromatic rings. The summed E-state index contributed by atoms with van der Waals surface area (Å²) < 4.78 is 23.9. The smallest absolute Gasteiger partial charge is 0.221 e. The number of rotatable bonds is 7. The molecule has 3 aromatic carbocycles. The average Bonchev–Trinajstić information content (AvgIpc) is 2.82. The highest BCUT2D eigenvalue weighted by molar-refractivity contribution is 8.01. The predicted octanol–water partition coefficient (Wildman–Crippen LogP) is 5.14. The van der Waals surface area contributed by atoms with Crippen LogP contribution in [0.3, 0.4) is 0 Å². The molecule has 0 spiro atoms. The van der Waals surface area contributed by atoms with Gasteiger partial charge in [0.15, 0.2) is 11.5 Å². The Morgan fingerprint density at radius 2 is 1.78 bits per heavy atom. The fraction of sp³-hybridized carbons (Fsp3) is 0.200. The first-order valence-electron chi connectivity index (χ1n) is 10.1. The Labute approximate surface area is 190 Å². The summed E-state index contributed by atoms with van der Waals surface area (Å²) in [4.78, 5) is 18.7. The minimum Gasteiger partial charge on any atom is -0.493 e. The van der Waals surface area contributed by atoms with Gasteiger partial charge >= 0.3 is 0 Å². The molecule has 1 aliphatic rings. The van der Waals surface area contributed by atoms with E-state index in [-0.39, 0.29) is 23.4 Å². The number of fused-ring (bicyclic) bond motifs is 1. The summed E-state index contributed by atoms with van der Waals surface area (Å²) in [5.41, 5.74) is 3.41. The lowest BCUT2D eigenvalue weighted by molar-refractivity contribution is -0.121. The number of carbonyl (C=O) groups excluding carboxylic acids is 1. The Morgan fingerprint density at radius 3 is 2.53 bits per heavy atom. The number of nitrogens with zero attached hydrogens (tertiary/aromatic N) is 1. The van der Waals surface area contributed by atoms with Gasteiger partial charge in [-0.15, -0.1) is 11.8 Å². The van der Waals surface area contributed by atoms with Crippen LogP contribution in [0, 0.1) is 5.82 Å². The lowest BCUT2D eigenvalue weighted by Crippen LogP contribution is -2.31. The predicted molar refractivity (Wildman–Crippen MR) is 125 cm³/mol. The fourth-order valence-electron chi connectivity index (χ4n) is 3.49. The van der Waals surface area contributed by atoms with Crippen LogP contribution in [-0.2, 0) is 11.3 Å². The van der Waals surface area contributed by atoms with Crippen LogP contribution in [0.1, 0.15) is 17.5 Å². The normalized spacial score (nSPS) is 14.8. The van der Waals surface area contributed by atoms with E-state index in [1.165, 1.54) is 12.1 Å². The van der Waals surface area contributed by atoms with Crippen molar-refractivity contribution in [1.82, 2.24) is 5.32 Å². The lowest BCUT2D eigenvalue weighted by atomic mass is 10.0. The third kappa shape index (κ3) is 4.94. The number of aliphatic imine (C=N–C) groups is 1. The molecule has 0 saturated carbocycles. The summed E-state index contributed by atoms with van der Waals surface area (Å²) in [6, 6.07) is 19.6. The lowest BCUT2D eigenvalue weighted by Gasteiger charge is -2.25. The molecule has 0 radical (unpaired) electrons. The molecule has 0 unspecified atom stereocenters. The van der Waals surface area contributed by atoms with Crippen LogP contribution >= 0.6 is 11.8 Å². The van der Waals surface area contributed by atoms with E-state index >= 15 is 0 Å². The third-order valence-corrected chi connectivity index (χ3v) is 6.41. The molecule has 7 heteroatoms. The van der Waals surface area contributed by atoms with Crippen molar-refractivity contribution in [2.75, 3.05) is 14.2 Å². The average molecular weight is 451 g/mol. The minimum atomic E-state index is -0.298. The summed E-state index contributed by atoms with van der Waals surface area (Å²) in [7, 11) is 3.19. The molecule has 0 aliphatic carbocycles. The number of benzene rings is 3. The molecule has 1 aliphatic heterocycles. The van der Waals surface area contributed by atoms with Crippen molar-refractivity contribution in [2.45, 2.75) is 23.1 Å². The maximum Gasteiger partial charge on any atom is 0.221 e. The van der Waals surface area contributed by atoms with Crippen LogP contribution in [0.2, 0.25) is 0 Å². The number of halogens is 1. The summed E-state index contributed by atoms with van der Waals surface area (Å²) >= 11 is 1.62. The molecule has 4 rings (SSSR count). The maximum absolute atomic E-state index is 13.1. The van der Waals surface area contributed by atoms with Gasteiger partial charge in [-0.2, -0.15) is 0 Å². The zero-order valence-electron chi connectivity index (χ0n) is 17.8. The van der Waals surface area contributed by atoms with Gasteiger partial charge in [-0.3, -0.25) is 9.79 Å². The van der Waals surface area contributed by atoms with Crippen LogP contribution in [0.25, 0.3) is 0 Å². The van der Waals surface area contributed by atoms with Gasteiger partial charge in [0, 0.05) is 23.4 Å². The van der Waals surface area contributed by atoms with Crippen LogP contribution < -0.4 is 14.8 Å². The second kappa shape index (κ2) is 9.87. The van der Waals surface area contributed by atoms with Crippen molar-refractivity contribution < 1.29 is 18.7 Å². The number of nitrogens with one attached hydrogen (secondary N) is 1. The molecular weight excluding hydrogens is 427 g/mol. The molecule has 5 nitrogen and oxygen atoms in total. The summed E-state index contributed by atoms with van der Waals surface area (Å²) in [5.74, 6) is 0.845. The molecule has 0 aromatic heterocycles. The van der Waals surface area contributed by atoms with Gasteiger partial charge in [0.25, 0.3) is 0 Å². The molecule has 1 amide bonds. The Kier molecular flexibility index (Phi) is 6.75. The zero-order valence-corrected chi connectivity index (χ0v) is 18.6. The zero-order chi connectivity index (χ0) is 22.5. The number of para-hydroxylation sites is 1. The van der Waals surface area contributed by atoms with E-state index in [9.17, 15) is 9.18 Å². The van der Waals surface area contributed by atoms with E-state index in [4.69, 9.17) is 14.5 Å². The molecule has 1 atom stereocenters. The number of methoxy groups -OCH3 is 2. The summed E-state index contributed by atoms with van der Waals surface area (Å²) in [6.07, 6.45) is 0.257. The Morgan fingerprint density at radius 1 is 1.03 bits per heavy atom. The fourth-order valence-corrected chi connectivity index (χ4v) is 4.72. The monoisotopic (exact) mass is 450 g/mol. The highest BCUT2D eigenvalue weighted by Crippen LogP contribution is 2.41. The van der Waals surface area contributed by atoms with Gasteiger partial charge in [-0.25, -0.2) is 4.39 Å². The van der Waals surface area contributed by atoms with Crippen LogP contribution in [-0.4, -0.2) is 31.1 Å². The molecule has 1 heterocycles. The quantitative estimate of drug-likeness (QED) is 0.541. The molecule has 0 saturated heterocycles. The van der Waals surface area contributed by atoms with Gasteiger partial charge in [0.1, 0.15) is 5.82 Å². The first-order chi connectivity index (χ1) is 15.6. The minimum absolute atomic E-state index is 0.0978. The number of ether oxygens (including phenoxy) is 2. The van der Waals surface area contributed by atoms with Gasteiger partial charge in [0.05, 0.1) is 30.9 Å². The highest BCUT2D eigenvalue weighted by atomic mass is 32.2. The number of thioether (sulfide) groups is 1. The third-order valence-electron chi connectivity index (χ3n) is 5.13. The number of hydrogen-bond donors (Lipinski definition) is 1. The number of hydrogen-bond acceptors (Lipinski definition) is 5. The second-order valence-electron chi connectivity index (χ2n) is 7.25. The van der Waals surface area contributed by atoms with Crippen molar-refractivity contribution in [1.29, 1.82) is 0 Å². The summed E-state index contributed by atoms with van der Waals surface area (Å²) in [6.45, 7) is 0.343.